The Kier molecular flexibility index (Phi) is 5.78. The monoisotopic (exact) mass is 344 g/mol. The predicted octanol–water partition coefficient (Wildman–Crippen LogP) is 1.55. The van der Waals surface area contributed by atoms with Crippen LogP contribution in [0.1, 0.15) is 25.0 Å². The van der Waals surface area contributed by atoms with Crippen LogP contribution in [0.3, 0.4) is 0 Å². The molecule has 1 aromatic rings. The molecule has 0 saturated carbocycles. The van der Waals surface area contributed by atoms with E-state index in [2.05, 4.69) is 0 Å². The van der Waals surface area contributed by atoms with Crippen LogP contribution in [0, 0.1) is 40.5 Å². The minimum absolute atomic E-state index is 0.125. The molecule has 0 aliphatic carbocycles. The van der Waals surface area contributed by atoms with Gasteiger partial charge in [0.05, 0.1) is 10.5 Å². The number of hydrogen-bond acceptors (Lipinski definition) is 9. The first-order valence-electron chi connectivity index (χ1n) is 6.46. The van der Waals surface area contributed by atoms with Crippen molar-refractivity contribution in [3.63, 3.8) is 0 Å². The highest BCUT2D eigenvalue weighted by molar-refractivity contribution is 5.41. The molecule has 0 aliphatic rings. The average molecular weight is 344 g/mol. The lowest BCUT2D eigenvalue weighted by Gasteiger charge is -2.18. The van der Waals surface area contributed by atoms with Crippen molar-refractivity contribution in [3.8, 4) is 0 Å². The largest absolute Gasteiger partial charge is 0.702 e. The van der Waals surface area contributed by atoms with Gasteiger partial charge in [-0.15, -0.1) is 0 Å². The summed E-state index contributed by atoms with van der Waals surface area (Å²) in [6.07, 6.45) is -2.89. The lowest BCUT2D eigenvalue weighted by Crippen LogP contribution is -2.54. The normalized spacial score (nSPS) is 12.4. The number of nitro benzene ring substituents is 1. The van der Waals surface area contributed by atoms with E-state index in [0.29, 0.717) is 0 Å². The van der Waals surface area contributed by atoms with Crippen molar-refractivity contribution in [2.45, 2.75) is 25.2 Å². The van der Waals surface area contributed by atoms with E-state index in [1.807, 2.05) is 0 Å². The van der Waals surface area contributed by atoms with Gasteiger partial charge < -0.3 is 4.74 Å². The van der Waals surface area contributed by atoms with Crippen molar-refractivity contribution in [2.75, 3.05) is 6.61 Å². The second-order valence-electron chi connectivity index (χ2n) is 4.51. The molecule has 13 heteroatoms. The van der Waals surface area contributed by atoms with Crippen molar-refractivity contribution in [1.82, 2.24) is 0 Å². The van der Waals surface area contributed by atoms with E-state index < -0.39 is 43.7 Å². The molecule has 1 rings (SSSR count). The Bertz CT molecular complexity index is 641. The zero-order valence-electron chi connectivity index (χ0n) is 12.3. The summed E-state index contributed by atoms with van der Waals surface area (Å²) in [4.78, 5) is 38.4. The Hall–Kier alpha value is -3.22. The van der Waals surface area contributed by atoms with Crippen LogP contribution >= 0.6 is 0 Å². The molecule has 0 aliphatic heterocycles. The van der Waals surface area contributed by atoms with Crippen molar-refractivity contribution in [1.29, 1.82) is 0 Å². The second kappa shape index (κ2) is 7.36. The topological polar surface area (TPSA) is 182 Å². The van der Waals surface area contributed by atoms with Gasteiger partial charge in [0.15, 0.2) is 21.2 Å². The average Bonchev–Trinajstić information content (AvgIpc) is 2.50. The number of hydrogen-bond donors (Lipinski definition) is 0. The maximum atomic E-state index is 11.0. The first kappa shape index (κ1) is 18.8. The molecule has 13 nitrogen and oxygen atoms in total. The van der Waals surface area contributed by atoms with Gasteiger partial charge >= 0.3 is 5.79 Å². The molecule has 0 N–H and O–H groups in total. The molecule has 0 heterocycles. The molecule has 1 unspecified atom stereocenters. The van der Waals surface area contributed by atoms with E-state index in [4.69, 9.17) is 4.74 Å². The van der Waals surface area contributed by atoms with E-state index in [1.54, 1.807) is 0 Å². The number of nitrogens with zero attached hydrogens (tertiary/aromatic N) is 4. The van der Waals surface area contributed by atoms with Gasteiger partial charge in [0, 0.05) is 12.7 Å². The smallest absolute Gasteiger partial charge is 0.373 e. The summed E-state index contributed by atoms with van der Waals surface area (Å²) < 4.78 is 5.11. The predicted molar refractivity (Wildman–Crippen MR) is 75.8 cm³/mol. The van der Waals surface area contributed by atoms with Crippen molar-refractivity contribution in [2.24, 2.45) is 0 Å². The van der Waals surface area contributed by atoms with Crippen LogP contribution in [-0.4, -0.2) is 32.1 Å². The van der Waals surface area contributed by atoms with Gasteiger partial charge in [-0.1, -0.05) is 12.1 Å². The van der Waals surface area contributed by atoms with E-state index in [-0.39, 0.29) is 12.2 Å². The first-order valence-corrected chi connectivity index (χ1v) is 6.46. The van der Waals surface area contributed by atoms with Crippen LogP contribution in [0.4, 0.5) is 5.69 Å². The maximum Gasteiger partial charge on any atom is 0.702 e. The first-order chi connectivity index (χ1) is 11.2. The minimum atomic E-state index is -3.77. The molecule has 24 heavy (non-hydrogen) atoms. The lowest BCUT2D eigenvalue weighted by molar-refractivity contribution is -0.971. The third-order valence-corrected chi connectivity index (χ3v) is 3.18. The van der Waals surface area contributed by atoms with Gasteiger partial charge in [0.2, 0.25) is 0 Å². The quantitative estimate of drug-likeness (QED) is 0.364. The third-order valence-electron chi connectivity index (χ3n) is 3.18. The van der Waals surface area contributed by atoms with Gasteiger partial charge in [-0.25, -0.2) is 0 Å². The zero-order chi connectivity index (χ0) is 18.5. The highest BCUT2D eigenvalue weighted by atomic mass is 16.7. The maximum absolute atomic E-state index is 11.0. The Morgan fingerprint density at radius 3 is 1.92 bits per heavy atom. The minimum Gasteiger partial charge on any atom is -0.373 e. The number of rotatable bonds is 9. The Morgan fingerprint density at radius 2 is 1.50 bits per heavy atom. The van der Waals surface area contributed by atoms with Crippen LogP contribution in [0.2, 0.25) is 0 Å². The van der Waals surface area contributed by atoms with E-state index in [1.165, 1.54) is 25.1 Å². The molecular formula is C11H12N4O9. The molecule has 1 atom stereocenters. The van der Waals surface area contributed by atoms with Crippen LogP contribution in [0.15, 0.2) is 24.3 Å². The molecular weight excluding hydrogens is 332 g/mol. The van der Waals surface area contributed by atoms with Crippen molar-refractivity contribution >= 4 is 5.69 Å². The second-order valence-corrected chi connectivity index (χ2v) is 4.51. The van der Waals surface area contributed by atoms with Gasteiger partial charge in [0.25, 0.3) is 5.69 Å². The molecule has 0 aromatic heterocycles. The van der Waals surface area contributed by atoms with Crippen LogP contribution < -0.4 is 0 Å². The molecule has 0 radical (unpaired) electrons. The summed E-state index contributed by atoms with van der Waals surface area (Å²) in [6, 6.07) is 4.89. The molecule has 130 valence electrons. The van der Waals surface area contributed by atoms with Gasteiger partial charge in [-0.2, -0.15) is 0 Å². The molecule has 0 spiro atoms. The number of benzene rings is 1. The van der Waals surface area contributed by atoms with Crippen molar-refractivity contribution in [3.05, 3.63) is 70.3 Å². The van der Waals surface area contributed by atoms with E-state index >= 15 is 0 Å². The Balaban J connectivity index is 3.46. The van der Waals surface area contributed by atoms with Crippen molar-refractivity contribution < 1.29 is 24.4 Å². The standard InChI is InChI=1S/C11H12N4O9/c1-2-24-10(8-5-3-4-6-9(8)12(16)17)7-11(13(18)19,14(20)21)15(22)23/h3-6,10H,2,7H2,1H3. The van der Waals surface area contributed by atoms with Crippen LogP contribution in [0.5, 0.6) is 0 Å². The fraction of sp³-hybridized carbons (Fsp3) is 0.455. The summed E-state index contributed by atoms with van der Waals surface area (Å²) in [5, 5.41) is 44.1. The summed E-state index contributed by atoms with van der Waals surface area (Å²) in [5.41, 5.74) is -0.737. The molecule has 0 amide bonds. The third kappa shape index (κ3) is 3.40. The summed E-state index contributed by atoms with van der Waals surface area (Å²) in [6.45, 7) is 1.31. The van der Waals surface area contributed by atoms with Gasteiger partial charge in [-0.3, -0.25) is 40.5 Å². The summed E-state index contributed by atoms with van der Waals surface area (Å²) >= 11 is 0. The Labute approximate surface area is 133 Å². The van der Waals surface area contributed by atoms with E-state index in [0.717, 1.165) is 6.07 Å². The van der Waals surface area contributed by atoms with Gasteiger partial charge in [0.1, 0.15) is 6.10 Å². The highest BCUT2D eigenvalue weighted by Gasteiger charge is 2.71. The fourth-order valence-electron chi connectivity index (χ4n) is 2.06. The number of para-hydroxylation sites is 1. The zero-order valence-corrected chi connectivity index (χ0v) is 12.3. The van der Waals surface area contributed by atoms with Crippen LogP contribution in [0.25, 0.3) is 0 Å². The SMILES string of the molecule is CCOC(CC([N+](=O)[O-])([N+](=O)[O-])[N+](=O)[O-])c1ccccc1[N+](=O)[O-]. The Morgan fingerprint density at radius 1 is 1.00 bits per heavy atom. The number of ether oxygens (including phenoxy) is 1. The molecule has 0 fully saturated rings. The highest BCUT2D eigenvalue weighted by Crippen LogP contribution is 2.35. The molecule has 0 saturated heterocycles. The van der Waals surface area contributed by atoms with E-state index in [9.17, 15) is 40.5 Å². The lowest BCUT2D eigenvalue weighted by atomic mass is 10.0. The van der Waals surface area contributed by atoms with Crippen LogP contribution in [-0.2, 0) is 4.74 Å². The molecule has 1 aromatic carbocycles. The number of nitro groups is 4. The molecule has 0 bridgehead atoms. The van der Waals surface area contributed by atoms with Gasteiger partial charge in [-0.05, 0) is 13.0 Å². The summed E-state index contributed by atoms with van der Waals surface area (Å²) in [7, 11) is 0. The summed E-state index contributed by atoms with van der Waals surface area (Å²) in [5.74, 6) is -3.77. The fourth-order valence-corrected chi connectivity index (χ4v) is 2.06.